The fourth-order valence-corrected chi connectivity index (χ4v) is 3.09. The first kappa shape index (κ1) is 12.9. The van der Waals surface area contributed by atoms with Crippen LogP contribution in [-0.4, -0.2) is 29.2 Å². The topological polar surface area (TPSA) is 32.3 Å². The zero-order chi connectivity index (χ0) is 12.1. The van der Waals surface area contributed by atoms with Crippen molar-refractivity contribution in [3.63, 3.8) is 0 Å². The molecule has 0 aliphatic carbocycles. The molecule has 17 heavy (non-hydrogen) atoms. The standard InChI is InChI=1S/C13H18FNOS/c14-11-3-1-10(2-4-11)13(16)9-15-12-5-7-17-8-6-12/h1-4,12-13,15-16H,5-9H2. The first-order valence-electron chi connectivity index (χ1n) is 6.00. The maximum absolute atomic E-state index is 12.7. The van der Waals surface area contributed by atoms with E-state index in [0.29, 0.717) is 12.6 Å². The number of aliphatic hydroxyl groups is 1. The van der Waals surface area contributed by atoms with Crippen LogP contribution in [0.25, 0.3) is 0 Å². The van der Waals surface area contributed by atoms with E-state index in [1.807, 2.05) is 11.8 Å². The number of rotatable bonds is 4. The van der Waals surface area contributed by atoms with Gasteiger partial charge < -0.3 is 10.4 Å². The van der Waals surface area contributed by atoms with Gasteiger partial charge in [-0.3, -0.25) is 0 Å². The van der Waals surface area contributed by atoms with Crippen molar-refractivity contribution in [2.24, 2.45) is 0 Å². The molecule has 0 amide bonds. The average molecular weight is 255 g/mol. The molecule has 0 spiro atoms. The van der Waals surface area contributed by atoms with Crippen LogP contribution in [0.3, 0.4) is 0 Å². The Balaban J connectivity index is 1.80. The molecule has 1 heterocycles. The highest BCUT2D eigenvalue weighted by Gasteiger charge is 2.15. The number of benzene rings is 1. The summed E-state index contributed by atoms with van der Waals surface area (Å²) in [5.74, 6) is 2.13. The van der Waals surface area contributed by atoms with Crippen LogP contribution in [-0.2, 0) is 0 Å². The summed E-state index contributed by atoms with van der Waals surface area (Å²) in [6.45, 7) is 0.543. The maximum Gasteiger partial charge on any atom is 0.123 e. The number of thioether (sulfide) groups is 1. The van der Waals surface area contributed by atoms with Crippen LogP contribution in [0.5, 0.6) is 0 Å². The highest BCUT2D eigenvalue weighted by Crippen LogP contribution is 2.18. The van der Waals surface area contributed by atoms with E-state index in [2.05, 4.69) is 5.32 Å². The SMILES string of the molecule is OC(CNC1CCSCC1)c1ccc(F)cc1. The molecule has 1 aliphatic heterocycles. The lowest BCUT2D eigenvalue weighted by Gasteiger charge is -2.24. The van der Waals surface area contributed by atoms with Gasteiger partial charge in [-0.05, 0) is 42.0 Å². The molecule has 4 heteroatoms. The summed E-state index contributed by atoms with van der Waals surface area (Å²) >= 11 is 1.99. The second-order valence-electron chi connectivity index (χ2n) is 4.36. The second-order valence-corrected chi connectivity index (χ2v) is 5.59. The smallest absolute Gasteiger partial charge is 0.123 e. The number of hydrogen-bond donors (Lipinski definition) is 2. The van der Waals surface area contributed by atoms with Crippen LogP contribution < -0.4 is 5.32 Å². The van der Waals surface area contributed by atoms with Gasteiger partial charge in [-0.1, -0.05) is 12.1 Å². The Bertz CT molecular complexity index is 338. The van der Waals surface area contributed by atoms with Crippen LogP contribution in [0.2, 0.25) is 0 Å². The van der Waals surface area contributed by atoms with Crippen molar-refractivity contribution in [1.82, 2.24) is 5.32 Å². The molecule has 2 rings (SSSR count). The summed E-state index contributed by atoms with van der Waals surface area (Å²) in [5.41, 5.74) is 0.768. The predicted molar refractivity (Wildman–Crippen MR) is 69.7 cm³/mol. The van der Waals surface area contributed by atoms with Gasteiger partial charge in [0.25, 0.3) is 0 Å². The van der Waals surface area contributed by atoms with E-state index in [-0.39, 0.29) is 5.82 Å². The van der Waals surface area contributed by atoms with Gasteiger partial charge in [0.2, 0.25) is 0 Å². The van der Waals surface area contributed by atoms with Crippen molar-refractivity contribution >= 4 is 11.8 Å². The van der Waals surface area contributed by atoms with Gasteiger partial charge in [0.05, 0.1) is 6.10 Å². The summed E-state index contributed by atoms with van der Waals surface area (Å²) in [7, 11) is 0. The van der Waals surface area contributed by atoms with Gasteiger partial charge in [0.15, 0.2) is 0 Å². The first-order valence-corrected chi connectivity index (χ1v) is 7.16. The summed E-state index contributed by atoms with van der Waals surface area (Å²) in [4.78, 5) is 0. The molecule has 1 aliphatic rings. The molecular formula is C13H18FNOS. The number of halogens is 1. The maximum atomic E-state index is 12.7. The van der Waals surface area contributed by atoms with E-state index in [0.717, 1.165) is 5.56 Å². The van der Waals surface area contributed by atoms with Crippen molar-refractivity contribution in [2.75, 3.05) is 18.1 Å². The Morgan fingerprint density at radius 2 is 1.94 bits per heavy atom. The minimum atomic E-state index is -0.551. The quantitative estimate of drug-likeness (QED) is 0.866. The Kier molecular flexibility index (Phi) is 4.83. The summed E-state index contributed by atoms with van der Waals surface area (Å²) < 4.78 is 12.7. The van der Waals surface area contributed by atoms with Crippen molar-refractivity contribution in [1.29, 1.82) is 0 Å². The molecule has 0 aromatic heterocycles. The fourth-order valence-electron chi connectivity index (χ4n) is 1.98. The molecule has 1 saturated heterocycles. The molecule has 1 aromatic carbocycles. The monoisotopic (exact) mass is 255 g/mol. The second kappa shape index (κ2) is 6.38. The van der Waals surface area contributed by atoms with Crippen LogP contribution in [0.4, 0.5) is 4.39 Å². The van der Waals surface area contributed by atoms with Crippen LogP contribution in [0, 0.1) is 5.82 Å². The fraction of sp³-hybridized carbons (Fsp3) is 0.538. The average Bonchev–Trinajstić information content (AvgIpc) is 2.38. The van der Waals surface area contributed by atoms with Gasteiger partial charge in [-0.25, -0.2) is 4.39 Å². The van der Waals surface area contributed by atoms with E-state index in [1.54, 1.807) is 12.1 Å². The minimum absolute atomic E-state index is 0.266. The lowest BCUT2D eigenvalue weighted by Crippen LogP contribution is -2.35. The van der Waals surface area contributed by atoms with Gasteiger partial charge in [0.1, 0.15) is 5.82 Å². The number of hydrogen-bond acceptors (Lipinski definition) is 3. The van der Waals surface area contributed by atoms with E-state index in [1.165, 1.54) is 36.5 Å². The van der Waals surface area contributed by atoms with Crippen molar-refractivity contribution in [2.45, 2.75) is 25.0 Å². The van der Waals surface area contributed by atoms with Crippen molar-refractivity contribution in [3.05, 3.63) is 35.6 Å². The van der Waals surface area contributed by atoms with Crippen molar-refractivity contribution < 1.29 is 9.50 Å². The molecular weight excluding hydrogens is 237 g/mol. The highest BCUT2D eigenvalue weighted by atomic mass is 32.2. The van der Waals surface area contributed by atoms with E-state index in [4.69, 9.17) is 0 Å². The predicted octanol–water partition coefficient (Wildman–Crippen LogP) is 2.34. The molecule has 0 radical (unpaired) electrons. The van der Waals surface area contributed by atoms with Gasteiger partial charge in [-0.2, -0.15) is 11.8 Å². The third-order valence-electron chi connectivity index (χ3n) is 3.08. The molecule has 2 nitrogen and oxygen atoms in total. The lowest BCUT2D eigenvalue weighted by molar-refractivity contribution is 0.168. The zero-order valence-electron chi connectivity index (χ0n) is 9.73. The molecule has 1 unspecified atom stereocenters. The summed E-state index contributed by atoms with van der Waals surface area (Å²) in [5, 5.41) is 13.3. The van der Waals surface area contributed by atoms with E-state index < -0.39 is 6.10 Å². The molecule has 1 aromatic rings. The Hall–Kier alpha value is -0.580. The molecule has 94 valence electrons. The normalized spacial score (nSPS) is 19.2. The molecule has 0 bridgehead atoms. The zero-order valence-corrected chi connectivity index (χ0v) is 10.5. The van der Waals surface area contributed by atoms with Crippen LogP contribution in [0.15, 0.2) is 24.3 Å². The Morgan fingerprint density at radius 3 is 2.59 bits per heavy atom. The Labute approximate surface area is 106 Å². The summed E-state index contributed by atoms with van der Waals surface area (Å²) in [6.07, 6.45) is 1.78. The van der Waals surface area contributed by atoms with E-state index in [9.17, 15) is 9.50 Å². The van der Waals surface area contributed by atoms with Gasteiger partial charge in [0, 0.05) is 12.6 Å². The summed E-state index contributed by atoms with van der Waals surface area (Å²) in [6, 6.07) is 6.56. The molecule has 1 fully saturated rings. The van der Waals surface area contributed by atoms with Crippen molar-refractivity contribution in [3.8, 4) is 0 Å². The molecule has 0 saturated carbocycles. The minimum Gasteiger partial charge on any atom is -0.387 e. The van der Waals surface area contributed by atoms with Gasteiger partial charge in [-0.15, -0.1) is 0 Å². The molecule has 1 atom stereocenters. The first-order chi connectivity index (χ1) is 8.25. The highest BCUT2D eigenvalue weighted by molar-refractivity contribution is 7.99. The molecule has 2 N–H and O–H groups in total. The third kappa shape index (κ3) is 3.98. The van der Waals surface area contributed by atoms with Crippen LogP contribution in [0.1, 0.15) is 24.5 Å². The number of aliphatic hydroxyl groups excluding tert-OH is 1. The van der Waals surface area contributed by atoms with Gasteiger partial charge >= 0.3 is 0 Å². The largest absolute Gasteiger partial charge is 0.387 e. The number of nitrogens with one attached hydrogen (secondary N) is 1. The van der Waals surface area contributed by atoms with E-state index >= 15 is 0 Å². The Morgan fingerprint density at radius 1 is 1.29 bits per heavy atom. The van der Waals surface area contributed by atoms with Crippen LogP contribution >= 0.6 is 11.8 Å². The third-order valence-corrected chi connectivity index (χ3v) is 4.12. The lowest BCUT2D eigenvalue weighted by atomic mass is 10.1.